The molecule has 1 heterocycles. The fourth-order valence-corrected chi connectivity index (χ4v) is 2.13. The second kappa shape index (κ2) is 6.05. The fraction of sp³-hybridized carbons (Fsp3) is 0.727. The number of hydrogen-bond acceptors (Lipinski definition) is 3. The van der Waals surface area contributed by atoms with Crippen LogP contribution in [0.1, 0.15) is 26.5 Å². The van der Waals surface area contributed by atoms with Crippen molar-refractivity contribution in [2.24, 2.45) is 0 Å². The van der Waals surface area contributed by atoms with Gasteiger partial charge in [0.05, 0.1) is 5.69 Å². The molecule has 4 heteroatoms. The van der Waals surface area contributed by atoms with Crippen LogP contribution in [0.3, 0.4) is 0 Å². The molecule has 15 heavy (non-hydrogen) atoms. The second-order valence-electron chi connectivity index (χ2n) is 3.70. The SMILES string of the molecule is CCSCC(C)Nc1nc(C)cn1CC. The summed E-state index contributed by atoms with van der Waals surface area (Å²) in [6, 6.07) is 0.474. The van der Waals surface area contributed by atoms with Crippen molar-refractivity contribution < 1.29 is 0 Å². The van der Waals surface area contributed by atoms with Crippen molar-refractivity contribution in [2.45, 2.75) is 40.3 Å². The molecule has 1 N–H and O–H groups in total. The van der Waals surface area contributed by atoms with Crippen molar-refractivity contribution >= 4 is 17.7 Å². The molecule has 0 saturated heterocycles. The van der Waals surface area contributed by atoms with E-state index in [4.69, 9.17) is 0 Å². The number of hydrogen-bond donors (Lipinski definition) is 1. The fourth-order valence-electron chi connectivity index (χ4n) is 1.46. The summed E-state index contributed by atoms with van der Waals surface area (Å²) in [5.74, 6) is 3.30. The lowest BCUT2D eigenvalue weighted by Crippen LogP contribution is -2.20. The van der Waals surface area contributed by atoms with E-state index in [2.05, 4.69) is 41.8 Å². The zero-order valence-corrected chi connectivity index (χ0v) is 10.9. The van der Waals surface area contributed by atoms with Gasteiger partial charge in [0.2, 0.25) is 5.95 Å². The van der Waals surface area contributed by atoms with E-state index in [9.17, 15) is 0 Å². The number of thioether (sulfide) groups is 1. The maximum Gasteiger partial charge on any atom is 0.203 e. The van der Waals surface area contributed by atoms with Gasteiger partial charge in [-0.15, -0.1) is 0 Å². The maximum absolute atomic E-state index is 4.47. The van der Waals surface area contributed by atoms with Crippen molar-refractivity contribution in [1.29, 1.82) is 0 Å². The van der Waals surface area contributed by atoms with Gasteiger partial charge < -0.3 is 9.88 Å². The average Bonchev–Trinajstić information content (AvgIpc) is 2.55. The Kier molecular flexibility index (Phi) is 5.02. The van der Waals surface area contributed by atoms with E-state index in [1.807, 2.05) is 18.7 Å². The van der Waals surface area contributed by atoms with Crippen LogP contribution in [0, 0.1) is 6.92 Å². The van der Waals surface area contributed by atoms with Crippen LogP contribution < -0.4 is 5.32 Å². The molecule has 1 aromatic heterocycles. The lowest BCUT2D eigenvalue weighted by atomic mass is 10.4. The minimum Gasteiger partial charge on any atom is -0.352 e. The lowest BCUT2D eigenvalue weighted by Gasteiger charge is -2.14. The Bertz CT molecular complexity index is 296. The molecule has 0 amide bonds. The number of imidazole rings is 1. The molecule has 1 atom stereocenters. The molecule has 0 saturated carbocycles. The van der Waals surface area contributed by atoms with E-state index >= 15 is 0 Å². The zero-order chi connectivity index (χ0) is 11.3. The van der Waals surface area contributed by atoms with E-state index in [0.29, 0.717) is 6.04 Å². The zero-order valence-electron chi connectivity index (χ0n) is 10.1. The standard InChI is InChI=1S/C11H21N3S/c1-5-14-7-9(3)12-11(14)13-10(4)8-15-6-2/h7,10H,5-6,8H2,1-4H3,(H,12,13). The Hall–Kier alpha value is -0.640. The van der Waals surface area contributed by atoms with Crippen molar-refractivity contribution in [3.8, 4) is 0 Å². The first-order chi connectivity index (χ1) is 7.17. The molecule has 3 nitrogen and oxygen atoms in total. The van der Waals surface area contributed by atoms with Gasteiger partial charge in [0.25, 0.3) is 0 Å². The number of aryl methyl sites for hydroxylation is 2. The van der Waals surface area contributed by atoms with Crippen molar-refractivity contribution in [2.75, 3.05) is 16.8 Å². The molecule has 0 aliphatic rings. The van der Waals surface area contributed by atoms with Gasteiger partial charge in [0.15, 0.2) is 0 Å². The summed E-state index contributed by atoms with van der Waals surface area (Å²) in [6.45, 7) is 9.53. The summed E-state index contributed by atoms with van der Waals surface area (Å²) >= 11 is 1.96. The number of nitrogens with one attached hydrogen (secondary N) is 1. The molecule has 1 unspecified atom stereocenters. The van der Waals surface area contributed by atoms with Gasteiger partial charge in [-0.25, -0.2) is 4.98 Å². The van der Waals surface area contributed by atoms with Gasteiger partial charge in [-0.1, -0.05) is 6.92 Å². The van der Waals surface area contributed by atoms with E-state index in [0.717, 1.165) is 23.9 Å². The van der Waals surface area contributed by atoms with Crippen molar-refractivity contribution in [1.82, 2.24) is 9.55 Å². The maximum atomic E-state index is 4.47. The topological polar surface area (TPSA) is 29.9 Å². The highest BCUT2D eigenvalue weighted by molar-refractivity contribution is 7.99. The van der Waals surface area contributed by atoms with E-state index in [-0.39, 0.29) is 0 Å². The van der Waals surface area contributed by atoms with Gasteiger partial charge in [0.1, 0.15) is 0 Å². The molecular weight excluding hydrogens is 206 g/mol. The minimum absolute atomic E-state index is 0.474. The van der Waals surface area contributed by atoms with Crippen LogP contribution >= 0.6 is 11.8 Å². The molecule has 86 valence electrons. The monoisotopic (exact) mass is 227 g/mol. The minimum atomic E-state index is 0.474. The average molecular weight is 227 g/mol. The first-order valence-corrected chi connectivity index (χ1v) is 6.70. The summed E-state index contributed by atoms with van der Waals surface area (Å²) in [5, 5.41) is 3.45. The molecule has 0 aliphatic heterocycles. The van der Waals surface area contributed by atoms with Crippen LogP contribution in [-0.2, 0) is 6.54 Å². The van der Waals surface area contributed by atoms with E-state index in [1.54, 1.807) is 0 Å². The van der Waals surface area contributed by atoms with Crippen LogP contribution in [0.4, 0.5) is 5.95 Å². The number of rotatable bonds is 6. The molecule has 0 radical (unpaired) electrons. The first-order valence-electron chi connectivity index (χ1n) is 5.55. The Morgan fingerprint density at radius 2 is 2.27 bits per heavy atom. The first kappa shape index (κ1) is 12.4. The lowest BCUT2D eigenvalue weighted by molar-refractivity contribution is 0.749. The highest BCUT2D eigenvalue weighted by atomic mass is 32.2. The number of anilines is 1. The molecule has 0 fully saturated rings. The highest BCUT2D eigenvalue weighted by Crippen LogP contribution is 2.11. The van der Waals surface area contributed by atoms with Gasteiger partial charge in [-0.3, -0.25) is 0 Å². The van der Waals surface area contributed by atoms with Crippen LogP contribution in [-0.4, -0.2) is 27.1 Å². The molecule has 0 spiro atoms. The second-order valence-corrected chi connectivity index (χ2v) is 5.02. The van der Waals surface area contributed by atoms with E-state index < -0.39 is 0 Å². The van der Waals surface area contributed by atoms with Gasteiger partial charge in [-0.05, 0) is 26.5 Å². The third-order valence-electron chi connectivity index (χ3n) is 2.19. The van der Waals surface area contributed by atoms with Crippen LogP contribution in [0.15, 0.2) is 6.20 Å². The Balaban J connectivity index is 2.54. The van der Waals surface area contributed by atoms with Gasteiger partial charge in [0, 0.05) is 24.5 Å². The van der Waals surface area contributed by atoms with Crippen LogP contribution in [0.25, 0.3) is 0 Å². The smallest absolute Gasteiger partial charge is 0.203 e. The predicted molar refractivity (Wildman–Crippen MR) is 68.7 cm³/mol. The summed E-state index contributed by atoms with van der Waals surface area (Å²) < 4.78 is 2.16. The summed E-state index contributed by atoms with van der Waals surface area (Å²) in [7, 11) is 0. The van der Waals surface area contributed by atoms with Crippen LogP contribution in [0.2, 0.25) is 0 Å². The van der Waals surface area contributed by atoms with Gasteiger partial charge in [-0.2, -0.15) is 11.8 Å². The quantitative estimate of drug-likeness (QED) is 0.810. The third kappa shape index (κ3) is 3.78. The third-order valence-corrected chi connectivity index (χ3v) is 3.33. The predicted octanol–water partition coefficient (Wildman–Crippen LogP) is 2.76. The molecular formula is C11H21N3S. The van der Waals surface area contributed by atoms with Gasteiger partial charge >= 0.3 is 0 Å². The number of nitrogens with zero attached hydrogens (tertiary/aromatic N) is 2. The molecule has 0 aliphatic carbocycles. The van der Waals surface area contributed by atoms with Crippen molar-refractivity contribution in [3.63, 3.8) is 0 Å². The van der Waals surface area contributed by atoms with E-state index in [1.165, 1.54) is 5.75 Å². The number of aromatic nitrogens is 2. The molecule has 0 aromatic carbocycles. The summed E-state index contributed by atoms with van der Waals surface area (Å²) in [6.07, 6.45) is 2.09. The Morgan fingerprint density at radius 1 is 1.53 bits per heavy atom. The molecule has 1 aromatic rings. The van der Waals surface area contributed by atoms with Crippen molar-refractivity contribution in [3.05, 3.63) is 11.9 Å². The largest absolute Gasteiger partial charge is 0.352 e. The Labute approximate surface area is 96.7 Å². The summed E-state index contributed by atoms with van der Waals surface area (Å²) in [5.41, 5.74) is 1.08. The molecule has 1 rings (SSSR count). The summed E-state index contributed by atoms with van der Waals surface area (Å²) in [4.78, 5) is 4.47. The van der Waals surface area contributed by atoms with Crippen LogP contribution in [0.5, 0.6) is 0 Å². The molecule has 0 bridgehead atoms. The normalized spacial score (nSPS) is 12.8. The Morgan fingerprint density at radius 3 is 2.87 bits per heavy atom. The highest BCUT2D eigenvalue weighted by Gasteiger charge is 2.07.